The lowest BCUT2D eigenvalue weighted by Crippen LogP contribution is -2.36. The lowest BCUT2D eigenvalue weighted by Gasteiger charge is -2.25. The molecule has 1 aliphatic heterocycles. The first-order valence-electron chi connectivity index (χ1n) is 7.87. The van der Waals surface area contributed by atoms with Crippen molar-refractivity contribution in [1.82, 2.24) is 20.0 Å². The van der Waals surface area contributed by atoms with Gasteiger partial charge in [-0.25, -0.2) is 4.79 Å². The lowest BCUT2D eigenvalue weighted by molar-refractivity contribution is 0.0285. The number of likely N-dealkylation sites (tertiary alicyclic amines) is 1. The van der Waals surface area contributed by atoms with Gasteiger partial charge in [-0.1, -0.05) is 11.6 Å². The van der Waals surface area contributed by atoms with Gasteiger partial charge in [-0.15, -0.1) is 5.10 Å². The Balaban J connectivity index is 1.78. The fraction of sp³-hybridized carbons (Fsp3) is 0.688. The Morgan fingerprint density at radius 1 is 1.43 bits per heavy atom. The minimum absolute atomic E-state index is 0.216. The van der Waals surface area contributed by atoms with Crippen molar-refractivity contribution in [2.24, 2.45) is 5.92 Å². The minimum atomic E-state index is -0.445. The molecule has 2 rings (SSSR count). The number of carbonyl (C=O) groups is 1. The first kappa shape index (κ1) is 17.9. The highest BCUT2D eigenvalue weighted by Gasteiger charge is 2.30. The molecule has 1 aromatic heterocycles. The van der Waals surface area contributed by atoms with Crippen molar-refractivity contribution in [2.75, 3.05) is 26.7 Å². The van der Waals surface area contributed by atoms with Gasteiger partial charge in [-0.05, 0) is 52.3 Å². The molecule has 1 fully saturated rings. The second-order valence-corrected chi connectivity index (χ2v) is 7.51. The molecule has 0 saturated carbocycles. The molecule has 1 unspecified atom stereocenters. The minimum Gasteiger partial charge on any atom is -0.444 e. The largest absolute Gasteiger partial charge is 0.444 e. The zero-order valence-corrected chi connectivity index (χ0v) is 15.0. The van der Waals surface area contributed by atoms with Crippen molar-refractivity contribution in [2.45, 2.75) is 39.3 Å². The molecule has 1 aliphatic rings. The van der Waals surface area contributed by atoms with Crippen molar-refractivity contribution in [3.63, 3.8) is 0 Å². The first-order chi connectivity index (χ1) is 10.7. The van der Waals surface area contributed by atoms with Crippen molar-refractivity contribution in [3.05, 3.63) is 23.0 Å². The Morgan fingerprint density at radius 2 is 2.17 bits per heavy atom. The Labute approximate surface area is 142 Å². The maximum atomic E-state index is 12.1. The normalized spacial score (nSPS) is 18.5. The topological polar surface area (TPSA) is 58.6 Å². The van der Waals surface area contributed by atoms with Crippen molar-refractivity contribution >= 4 is 17.7 Å². The molecule has 0 N–H and O–H groups in total. The summed E-state index contributed by atoms with van der Waals surface area (Å²) < 4.78 is 5.42. The number of carbonyl (C=O) groups excluding carboxylic acids is 1. The van der Waals surface area contributed by atoms with E-state index < -0.39 is 5.60 Å². The molecule has 128 valence electrons. The second-order valence-electron chi connectivity index (χ2n) is 7.13. The molecule has 1 saturated heterocycles. The number of amides is 1. The molecule has 0 aliphatic carbocycles. The van der Waals surface area contributed by atoms with Crippen LogP contribution < -0.4 is 0 Å². The predicted octanol–water partition coefficient (Wildman–Crippen LogP) is 2.82. The Morgan fingerprint density at radius 3 is 2.78 bits per heavy atom. The zero-order valence-electron chi connectivity index (χ0n) is 14.3. The summed E-state index contributed by atoms with van der Waals surface area (Å²) in [5, 5.41) is 8.32. The third-order valence-corrected chi connectivity index (χ3v) is 3.83. The van der Waals surface area contributed by atoms with E-state index in [0.29, 0.717) is 17.6 Å². The maximum absolute atomic E-state index is 12.1. The molecule has 6 nitrogen and oxygen atoms in total. The maximum Gasteiger partial charge on any atom is 0.410 e. The van der Waals surface area contributed by atoms with Gasteiger partial charge >= 0.3 is 6.09 Å². The average Bonchev–Trinajstić information content (AvgIpc) is 2.88. The summed E-state index contributed by atoms with van der Waals surface area (Å²) in [6.45, 7) is 8.79. The molecule has 0 radical (unpaired) electrons. The summed E-state index contributed by atoms with van der Waals surface area (Å²) >= 11 is 5.74. The van der Waals surface area contributed by atoms with Crippen LogP contribution in [0.25, 0.3) is 0 Å². The quantitative estimate of drug-likeness (QED) is 0.843. The summed E-state index contributed by atoms with van der Waals surface area (Å²) in [6.07, 6.45) is 0.779. The van der Waals surface area contributed by atoms with Crippen LogP contribution in [0.15, 0.2) is 12.1 Å². The van der Waals surface area contributed by atoms with Crippen LogP contribution in [0.1, 0.15) is 32.9 Å². The first-order valence-corrected chi connectivity index (χ1v) is 8.25. The van der Waals surface area contributed by atoms with Gasteiger partial charge in [0.15, 0.2) is 5.15 Å². The van der Waals surface area contributed by atoms with Gasteiger partial charge in [-0.2, -0.15) is 5.10 Å². The van der Waals surface area contributed by atoms with E-state index in [1.54, 1.807) is 11.0 Å². The van der Waals surface area contributed by atoms with Crippen LogP contribution in [-0.4, -0.2) is 58.4 Å². The summed E-state index contributed by atoms with van der Waals surface area (Å²) in [5.41, 5.74) is 0.443. The molecule has 1 atom stereocenters. The van der Waals surface area contributed by atoms with Crippen LogP contribution in [0.2, 0.25) is 5.15 Å². The van der Waals surface area contributed by atoms with Crippen LogP contribution in [0.5, 0.6) is 0 Å². The van der Waals surface area contributed by atoms with Crippen LogP contribution in [0, 0.1) is 5.92 Å². The lowest BCUT2D eigenvalue weighted by atomic mass is 10.1. The summed E-state index contributed by atoms with van der Waals surface area (Å²) in [5.74, 6) is 0.452. The van der Waals surface area contributed by atoms with E-state index in [2.05, 4.69) is 15.1 Å². The number of hydrogen-bond donors (Lipinski definition) is 0. The fourth-order valence-corrected chi connectivity index (χ4v) is 2.78. The van der Waals surface area contributed by atoms with E-state index in [9.17, 15) is 4.79 Å². The van der Waals surface area contributed by atoms with E-state index in [0.717, 1.165) is 31.7 Å². The van der Waals surface area contributed by atoms with Gasteiger partial charge < -0.3 is 14.5 Å². The second kappa shape index (κ2) is 7.45. The van der Waals surface area contributed by atoms with Crippen LogP contribution >= 0.6 is 11.6 Å². The summed E-state index contributed by atoms with van der Waals surface area (Å²) in [7, 11) is 2.05. The van der Waals surface area contributed by atoms with Gasteiger partial charge in [0.1, 0.15) is 5.60 Å². The van der Waals surface area contributed by atoms with Gasteiger partial charge in [0, 0.05) is 26.2 Å². The van der Waals surface area contributed by atoms with E-state index in [1.807, 2.05) is 33.9 Å². The SMILES string of the molecule is CN(Cc1ccc(Cl)nn1)CC1CCN(C(=O)OC(C)(C)C)C1. The van der Waals surface area contributed by atoms with E-state index >= 15 is 0 Å². The predicted molar refractivity (Wildman–Crippen MR) is 89.3 cm³/mol. The monoisotopic (exact) mass is 340 g/mol. The Kier molecular flexibility index (Phi) is 5.81. The van der Waals surface area contributed by atoms with Gasteiger partial charge in [0.05, 0.1) is 5.69 Å². The molecule has 23 heavy (non-hydrogen) atoms. The molecule has 2 heterocycles. The van der Waals surface area contributed by atoms with Crippen LogP contribution in [-0.2, 0) is 11.3 Å². The third-order valence-electron chi connectivity index (χ3n) is 3.63. The van der Waals surface area contributed by atoms with Gasteiger partial charge in [-0.3, -0.25) is 0 Å². The molecule has 1 aromatic rings. The molecule has 0 bridgehead atoms. The van der Waals surface area contributed by atoms with E-state index in [4.69, 9.17) is 16.3 Å². The van der Waals surface area contributed by atoms with Gasteiger partial charge in [0.2, 0.25) is 0 Å². The summed E-state index contributed by atoms with van der Waals surface area (Å²) in [6, 6.07) is 3.63. The highest BCUT2D eigenvalue weighted by molar-refractivity contribution is 6.29. The highest BCUT2D eigenvalue weighted by atomic mass is 35.5. The standard InChI is InChI=1S/C16H25ClN4O2/c1-16(2,3)23-15(22)21-8-7-12(10-21)9-20(4)11-13-5-6-14(17)19-18-13/h5-6,12H,7-11H2,1-4H3. The van der Waals surface area contributed by atoms with Crippen molar-refractivity contribution < 1.29 is 9.53 Å². The van der Waals surface area contributed by atoms with E-state index in [1.165, 1.54) is 0 Å². The van der Waals surface area contributed by atoms with Gasteiger partial charge in [0.25, 0.3) is 0 Å². The van der Waals surface area contributed by atoms with Crippen LogP contribution in [0.4, 0.5) is 4.79 Å². The van der Waals surface area contributed by atoms with Crippen molar-refractivity contribution in [3.8, 4) is 0 Å². The highest BCUT2D eigenvalue weighted by Crippen LogP contribution is 2.20. The Bertz CT molecular complexity index is 530. The number of nitrogens with zero attached hydrogens (tertiary/aromatic N) is 4. The number of aromatic nitrogens is 2. The number of hydrogen-bond acceptors (Lipinski definition) is 5. The Hall–Kier alpha value is -1.40. The summed E-state index contributed by atoms with van der Waals surface area (Å²) in [4.78, 5) is 16.1. The number of rotatable bonds is 4. The fourth-order valence-electron chi connectivity index (χ4n) is 2.68. The van der Waals surface area contributed by atoms with E-state index in [-0.39, 0.29) is 6.09 Å². The van der Waals surface area contributed by atoms with Crippen molar-refractivity contribution in [1.29, 1.82) is 0 Å². The molecule has 7 heteroatoms. The molecular weight excluding hydrogens is 316 g/mol. The molecule has 1 amide bonds. The molecular formula is C16H25ClN4O2. The van der Waals surface area contributed by atoms with Crippen LogP contribution in [0.3, 0.4) is 0 Å². The number of halogens is 1. The third kappa shape index (κ3) is 5.95. The molecule has 0 spiro atoms. The average molecular weight is 341 g/mol. The molecule has 0 aromatic carbocycles. The zero-order chi connectivity index (χ0) is 17.0. The number of ether oxygens (including phenoxy) is 1. The smallest absolute Gasteiger partial charge is 0.410 e.